The zero-order valence-corrected chi connectivity index (χ0v) is 16.0. The molecule has 1 amide bonds. The molecular formula is C20H16BrNO2S. The predicted molar refractivity (Wildman–Crippen MR) is 104 cm³/mol. The average Bonchev–Trinajstić information content (AvgIpc) is 3.07. The summed E-state index contributed by atoms with van der Waals surface area (Å²) in [4.78, 5) is 14.5. The molecule has 126 valence electrons. The number of hydrogen-bond acceptors (Lipinski definition) is 3. The van der Waals surface area contributed by atoms with Crippen LogP contribution in [0, 0.1) is 0 Å². The fourth-order valence-electron chi connectivity index (χ4n) is 2.91. The van der Waals surface area contributed by atoms with Crippen molar-refractivity contribution in [2.45, 2.75) is 19.6 Å². The van der Waals surface area contributed by atoms with Gasteiger partial charge in [-0.05, 0) is 42.8 Å². The number of thiophene rings is 1. The van der Waals surface area contributed by atoms with Crippen LogP contribution in [0.15, 0.2) is 59.1 Å². The van der Waals surface area contributed by atoms with Crippen molar-refractivity contribution in [2.24, 2.45) is 0 Å². The van der Waals surface area contributed by atoms with E-state index in [1.54, 1.807) is 0 Å². The highest BCUT2D eigenvalue weighted by Gasteiger charge is 2.23. The van der Waals surface area contributed by atoms with Crippen LogP contribution in [-0.2, 0) is 6.61 Å². The van der Waals surface area contributed by atoms with E-state index < -0.39 is 0 Å². The van der Waals surface area contributed by atoms with Gasteiger partial charge in [-0.25, -0.2) is 0 Å². The van der Waals surface area contributed by atoms with Crippen LogP contribution in [0.1, 0.15) is 33.8 Å². The number of nitrogens with one attached hydrogen (secondary N) is 1. The Kier molecular flexibility index (Phi) is 4.36. The van der Waals surface area contributed by atoms with Gasteiger partial charge in [0.1, 0.15) is 12.4 Å². The van der Waals surface area contributed by atoms with Crippen LogP contribution in [-0.4, -0.2) is 5.91 Å². The van der Waals surface area contributed by atoms with Crippen molar-refractivity contribution < 1.29 is 9.53 Å². The van der Waals surface area contributed by atoms with Crippen molar-refractivity contribution in [3.8, 4) is 16.2 Å². The number of para-hydroxylation sites is 1. The molecule has 1 aromatic heterocycles. The largest absolute Gasteiger partial charge is 0.488 e. The lowest BCUT2D eigenvalue weighted by molar-refractivity contribution is 0.0944. The molecule has 1 N–H and O–H groups in total. The highest BCUT2D eigenvalue weighted by molar-refractivity contribution is 9.10. The molecule has 0 aliphatic carbocycles. The van der Waals surface area contributed by atoms with E-state index in [4.69, 9.17) is 4.74 Å². The van der Waals surface area contributed by atoms with E-state index in [0.717, 1.165) is 31.8 Å². The Morgan fingerprint density at radius 2 is 1.96 bits per heavy atom. The molecule has 1 atom stereocenters. The fraction of sp³-hybridized carbons (Fsp3) is 0.150. The first-order chi connectivity index (χ1) is 12.1. The van der Waals surface area contributed by atoms with E-state index >= 15 is 0 Å². The van der Waals surface area contributed by atoms with E-state index in [2.05, 4.69) is 21.2 Å². The SMILES string of the molecule is CC(NC(=O)c1cc2c(s1)-c1ccccc1OC2)c1ccc(Br)cc1. The maximum atomic E-state index is 12.7. The Balaban J connectivity index is 1.56. The summed E-state index contributed by atoms with van der Waals surface area (Å²) in [6, 6.07) is 17.8. The molecule has 0 fully saturated rings. The minimum atomic E-state index is -0.0525. The molecule has 0 radical (unpaired) electrons. The number of hydrogen-bond donors (Lipinski definition) is 1. The van der Waals surface area contributed by atoms with Crippen LogP contribution in [0.4, 0.5) is 0 Å². The topological polar surface area (TPSA) is 38.3 Å². The minimum Gasteiger partial charge on any atom is -0.488 e. The third kappa shape index (κ3) is 3.22. The summed E-state index contributed by atoms with van der Waals surface area (Å²) in [6.45, 7) is 2.51. The van der Waals surface area contributed by atoms with E-state index in [0.29, 0.717) is 11.5 Å². The second-order valence-corrected chi connectivity index (χ2v) is 7.96. The Morgan fingerprint density at radius 1 is 1.20 bits per heavy atom. The summed E-state index contributed by atoms with van der Waals surface area (Å²) in [6.07, 6.45) is 0. The van der Waals surface area contributed by atoms with Gasteiger partial charge < -0.3 is 10.1 Å². The first-order valence-electron chi connectivity index (χ1n) is 8.03. The van der Waals surface area contributed by atoms with Gasteiger partial charge in [0, 0.05) is 20.5 Å². The van der Waals surface area contributed by atoms with Gasteiger partial charge >= 0.3 is 0 Å². The Labute approximate surface area is 158 Å². The highest BCUT2D eigenvalue weighted by Crippen LogP contribution is 2.42. The second-order valence-electron chi connectivity index (χ2n) is 6.00. The Bertz CT molecular complexity index is 933. The van der Waals surface area contributed by atoms with E-state index in [1.165, 1.54) is 11.3 Å². The molecule has 3 nitrogen and oxygen atoms in total. The maximum Gasteiger partial charge on any atom is 0.261 e. The number of fused-ring (bicyclic) bond motifs is 3. The van der Waals surface area contributed by atoms with Gasteiger partial charge in [-0.1, -0.05) is 40.2 Å². The molecule has 1 aliphatic rings. The average molecular weight is 414 g/mol. The number of amides is 1. The van der Waals surface area contributed by atoms with Crippen LogP contribution in [0.5, 0.6) is 5.75 Å². The molecule has 1 unspecified atom stereocenters. The third-order valence-electron chi connectivity index (χ3n) is 4.27. The van der Waals surface area contributed by atoms with Crippen LogP contribution in [0.25, 0.3) is 10.4 Å². The van der Waals surface area contributed by atoms with Gasteiger partial charge in [-0.3, -0.25) is 4.79 Å². The zero-order chi connectivity index (χ0) is 17.4. The Hall–Kier alpha value is -2.11. The second kappa shape index (κ2) is 6.65. The molecule has 2 heterocycles. The van der Waals surface area contributed by atoms with E-state index in [1.807, 2.05) is 61.5 Å². The van der Waals surface area contributed by atoms with E-state index in [-0.39, 0.29) is 11.9 Å². The molecule has 0 saturated heterocycles. The standard InChI is InChI=1S/C20H16BrNO2S/c1-12(13-6-8-15(21)9-7-13)22-20(23)18-10-14-11-24-17-5-3-2-4-16(17)19(14)25-18/h2-10,12H,11H2,1H3,(H,22,23). The Morgan fingerprint density at radius 3 is 2.76 bits per heavy atom. The van der Waals surface area contributed by atoms with Gasteiger partial charge in [0.05, 0.1) is 10.9 Å². The smallest absolute Gasteiger partial charge is 0.261 e. The molecule has 0 bridgehead atoms. The molecular weight excluding hydrogens is 398 g/mol. The minimum absolute atomic E-state index is 0.0488. The van der Waals surface area contributed by atoms with E-state index in [9.17, 15) is 4.79 Å². The van der Waals surface area contributed by atoms with Crippen molar-refractivity contribution in [1.82, 2.24) is 5.32 Å². The number of carbonyl (C=O) groups excluding carboxylic acids is 1. The fourth-order valence-corrected chi connectivity index (χ4v) is 4.28. The van der Waals surface area contributed by atoms with Crippen molar-refractivity contribution >= 4 is 33.2 Å². The molecule has 5 heteroatoms. The summed E-state index contributed by atoms with van der Waals surface area (Å²) in [5, 5.41) is 3.08. The molecule has 3 aromatic rings. The van der Waals surface area contributed by atoms with Gasteiger partial charge in [-0.15, -0.1) is 11.3 Å². The van der Waals surface area contributed by atoms with Crippen molar-refractivity contribution in [2.75, 3.05) is 0 Å². The van der Waals surface area contributed by atoms with Crippen molar-refractivity contribution in [3.63, 3.8) is 0 Å². The first kappa shape index (κ1) is 16.4. The lowest BCUT2D eigenvalue weighted by Crippen LogP contribution is -2.25. The highest BCUT2D eigenvalue weighted by atomic mass is 79.9. The summed E-state index contributed by atoms with van der Waals surface area (Å²) >= 11 is 4.96. The molecule has 2 aromatic carbocycles. The van der Waals surface area contributed by atoms with Crippen molar-refractivity contribution in [3.05, 3.63) is 75.1 Å². The van der Waals surface area contributed by atoms with Crippen LogP contribution in [0.2, 0.25) is 0 Å². The van der Waals surface area contributed by atoms with Crippen LogP contribution >= 0.6 is 27.3 Å². The summed E-state index contributed by atoms with van der Waals surface area (Å²) in [5.74, 6) is 0.833. The molecule has 1 aliphatic heterocycles. The number of carbonyl (C=O) groups is 1. The lowest BCUT2D eigenvalue weighted by Gasteiger charge is -2.16. The molecule has 25 heavy (non-hydrogen) atoms. The quantitative estimate of drug-likeness (QED) is 0.609. The molecule has 4 rings (SSSR count). The first-order valence-corrected chi connectivity index (χ1v) is 9.64. The summed E-state index contributed by atoms with van der Waals surface area (Å²) in [5.41, 5.74) is 3.21. The zero-order valence-electron chi connectivity index (χ0n) is 13.6. The number of benzene rings is 2. The van der Waals surface area contributed by atoms with Crippen LogP contribution in [0.3, 0.4) is 0 Å². The van der Waals surface area contributed by atoms with Gasteiger partial charge in [-0.2, -0.15) is 0 Å². The van der Waals surface area contributed by atoms with Gasteiger partial charge in [0.2, 0.25) is 0 Å². The maximum absolute atomic E-state index is 12.7. The van der Waals surface area contributed by atoms with Crippen LogP contribution < -0.4 is 10.1 Å². The number of ether oxygens (including phenoxy) is 1. The summed E-state index contributed by atoms with van der Waals surface area (Å²) in [7, 11) is 0. The monoisotopic (exact) mass is 413 g/mol. The predicted octanol–water partition coefficient (Wildman–Crippen LogP) is 5.56. The van der Waals surface area contributed by atoms with Crippen molar-refractivity contribution in [1.29, 1.82) is 0 Å². The molecule has 0 spiro atoms. The molecule has 0 saturated carbocycles. The number of rotatable bonds is 3. The summed E-state index contributed by atoms with van der Waals surface area (Å²) < 4.78 is 6.80. The lowest BCUT2D eigenvalue weighted by atomic mass is 10.1. The normalized spacial score (nSPS) is 13.4. The third-order valence-corrected chi connectivity index (χ3v) is 6.00. The van der Waals surface area contributed by atoms with Gasteiger partial charge in [0.15, 0.2) is 0 Å². The number of halogens is 1. The van der Waals surface area contributed by atoms with Gasteiger partial charge in [0.25, 0.3) is 5.91 Å².